The van der Waals surface area contributed by atoms with E-state index in [-0.39, 0.29) is 31.1 Å². The van der Waals surface area contributed by atoms with E-state index in [0.717, 1.165) is 57.8 Å². The highest BCUT2D eigenvalue weighted by atomic mass is 16.6. The lowest BCUT2D eigenvalue weighted by Crippen LogP contribution is -2.30. The molecule has 0 rings (SSSR count). The van der Waals surface area contributed by atoms with Gasteiger partial charge in [0, 0.05) is 19.3 Å². The molecule has 0 aliphatic carbocycles. The Labute approximate surface area is 416 Å². The summed E-state index contributed by atoms with van der Waals surface area (Å²) in [6.07, 6.45) is 67.0. The molecule has 67 heavy (non-hydrogen) atoms. The van der Waals surface area contributed by atoms with Gasteiger partial charge in [-0.3, -0.25) is 14.4 Å². The van der Waals surface area contributed by atoms with Crippen LogP contribution in [0.15, 0.2) is 36.5 Å². The Balaban J connectivity index is 4.36. The van der Waals surface area contributed by atoms with Crippen molar-refractivity contribution in [1.29, 1.82) is 0 Å². The van der Waals surface area contributed by atoms with Gasteiger partial charge in [-0.15, -0.1) is 0 Å². The van der Waals surface area contributed by atoms with Gasteiger partial charge in [0.05, 0.1) is 0 Å². The summed E-state index contributed by atoms with van der Waals surface area (Å²) in [7, 11) is 0. The molecular weight excluding hydrogens is 829 g/mol. The molecule has 0 fully saturated rings. The first-order valence-corrected chi connectivity index (χ1v) is 29.5. The number of rotatable bonds is 54. The van der Waals surface area contributed by atoms with E-state index in [0.29, 0.717) is 19.3 Å². The largest absolute Gasteiger partial charge is 0.462 e. The molecule has 0 bridgehead atoms. The molecule has 0 radical (unpaired) electrons. The predicted octanol–water partition coefficient (Wildman–Crippen LogP) is 19.7. The summed E-state index contributed by atoms with van der Waals surface area (Å²) in [5.41, 5.74) is 0. The van der Waals surface area contributed by atoms with Crippen LogP contribution in [0.5, 0.6) is 0 Å². The summed E-state index contributed by atoms with van der Waals surface area (Å²) in [5, 5.41) is 0. The molecule has 0 saturated heterocycles. The van der Waals surface area contributed by atoms with Gasteiger partial charge >= 0.3 is 17.9 Å². The lowest BCUT2D eigenvalue weighted by atomic mass is 10.1. The summed E-state index contributed by atoms with van der Waals surface area (Å²) in [6, 6.07) is 0. The number of esters is 3. The molecule has 0 amide bonds. The lowest BCUT2D eigenvalue weighted by molar-refractivity contribution is -0.167. The van der Waals surface area contributed by atoms with Gasteiger partial charge in [0.15, 0.2) is 6.10 Å². The van der Waals surface area contributed by atoms with Crippen molar-refractivity contribution in [1.82, 2.24) is 0 Å². The molecule has 0 aliphatic rings. The predicted molar refractivity (Wildman–Crippen MR) is 289 cm³/mol. The third kappa shape index (κ3) is 54.4. The van der Waals surface area contributed by atoms with Gasteiger partial charge in [-0.05, 0) is 96.3 Å². The first-order valence-electron chi connectivity index (χ1n) is 29.5. The van der Waals surface area contributed by atoms with Crippen molar-refractivity contribution in [3.63, 3.8) is 0 Å². The van der Waals surface area contributed by atoms with Crippen molar-refractivity contribution in [3.05, 3.63) is 36.5 Å². The van der Waals surface area contributed by atoms with Gasteiger partial charge in [-0.25, -0.2) is 0 Å². The van der Waals surface area contributed by atoms with Crippen LogP contribution in [0.1, 0.15) is 316 Å². The van der Waals surface area contributed by atoms with E-state index in [2.05, 4.69) is 57.2 Å². The molecule has 0 unspecified atom stereocenters. The zero-order valence-electron chi connectivity index (χ0n) is 44.9. The maximum atomic E-state index is 12.9. The first kappa shape index (κ1) is 64.6. The Kier molecular flexibility index (Phi) is 54.2. The Morgan fingerprint density at radius 3 is 0.761 bits per heavy atom. The number of carbonyl (C=O) groups is 3. The van der Waals surface area contributed by atoms with Crippen LogP contribution >= 0.6 is 0 Å². The number of allylic oxidation sites excluding steroid dienone is 6. The smallest absolute Gasteiger partial charge is 0.306 e. The van der Waals surface area contributed by atoms with Crippen LogP contribution in [0, 0.1) is 0 Å². The highest BCUT2D eigenvalue weighted by molar-refractivity contribution is 5.71. The maximum Gasteiger partial charge on any atom is 0.306 e. The highest BCUT2D eigenvalue weighted by Gasteiger charge is 2.19. The molecule has 392 valence electrons. The third-order valence-electron chi connectivity index (χ3n) is 13.1. The van der Waals surface area contributed by atoms with Crippen LogP contribution in [0.3, 0.4) is 0 Å². The number of unbranched alkanes of at least 4 members (excludes halogenated alkanes) is 37. The van der Waals surface area contributed by atoms with Crippen molar-refractivity contribution in [2.75, 3.05) is 13.2 Å². The van der Waals surface area contributed by atoms with Gasteiger partial charge < -0.3 is 14.2 Å². The fraction of sp³-hybridized carbons (Fsp3) is 0.852. The van der Waals surface area contributed by atoms with E-state index < -0.39 is 6.10 Å². The molecule has 0 spiro atoms. The van der Waals surface area contributed by atoms with Crippen LogP contribution in [-0.2, 0) is 28.6 Å². The van der Waals surface area contributed by atoms with E-state index in [1.807, 2.05) is 0 Å². The summed E-state index contributed by atoms with van der Waals surface area (Å²) < 4.78 is 16.9. The van der Waals surface area contributed by atoms with Crippen LogP contribution in [0.25, 0.3) is 0 Å². The molecule has 0 aromatic carbocycles. The average Bonchev–Trinajstić information content (AvgIpc) is 3.33. The first-order chi connectivity index (χ1) is 33.0. The van der Waals surface area contributed by atoms with Crippen LogP contribution < -0.4 is 0 Å². The van der Waals surface area contributed by atoms with Crippen molar-refractivity contribution < 1.29 is 28.6 Å². The van der Waals surface area contributed by atoms with Gasteiger partial charge in [0.2, 0.25) is 0 Å². The molecule has 0 aromatic heterocycles. The quantitative estimate of drug-likeness (QED) is 0.0262. The van der Waals surface area contributed by atoms with Crippen LogP contribution in [-0.4, -0.2) is 37.2 Å². The highest BCUT2D eigenvalue weighted by Crippen LogP contribution is 2.16. The molecule has 0 heterocycles. The third-order valence-corrected chi connectivity index (χ3v) is 13.1. The van der Waals surface area contributed by atoms with E-state index in [9.17, 15) is 14.4 Å². The van der Waals surface area contributed by atoms with E-state index in [1.54, 1.807) is 0 Å². The lowest BCUT2D eigenvalue weighted by Gasteiger charge is -2.18. The maximum absolute atomic E-state index is 12.9. The minimum Gasteiger partial charge on any atom is -0.462 e. The SMILES string of the molecule is CCCCCC/C=C/CCCCCCCCCC(=O)OC[C@H](COC(=O)CCCCCCCCC/C=C/CCCCCCCC)OC(=O)CCCCCCCCC/C=C/CCCCCCCC. The molecular formula is C61H112O6. The van der Waals surface area contributed by atoms with Crippen LogP contribution in [0.4, 0.5) is 0 Å². The Morgan fingerprint density at radius 2 is 0.493 bits per heavy atom. The topological polar surface area (TPSA) is 78.9 Å². The fourth-order valence-corrected chi connectivity index (χ4v) is 8.60. The molecule has 0 aromatic rings. The van der Waals surface area contributed by atoms with Gasteiger partial charge in [0.1, 0.15) is 13.2 Å². The number of ether oxygens (including phenoxy) is 3. The molecule has 6 heteroatoms. The second-order valence-electron chi connectivity index (χ2n) is 19.9. The molecule has 0 saturated carbocycles. The van der Waals surface area contributed by atoms with Crippen molar-refractivity contribution >= 4 is 17.9 Å². The van der Waals surface area contributed by atoms with Crippen molar-refractivity contribution in [2.24, 2.45) is 0 Å². The van der Waals surface area contributed by atoms with Crippen molar-refractivity contribution in [3.8, 4) is 0 Å². The summed E-state index contributed by atoms with van der Waals surface area (Å²) in [5.74, 6) is -0.871. The zero-order valence-corrected chi connectivity index (χ0v) is 44.9. The average molecular weight is 942 g/mol. The second kappa shape index (κ2) is 56.2. The summed E-state index contributed by atoms with van der Waals surface area (Å²) in [6.45, 7) is 6.65. The molecule has 6 nitrogen and oxygen atoms in total. The minimum absolute atomic E-state index is 0.0752. The van der Waals surface area contributed by atoms with E-state index in [1.165, 1.54) is 218 Å². The van der Waals surface area contributed by atoms with Crippen molar-refractivity contribution in [2.45, 2.75) is 322 Å². The Morgan fingerprint density at radius 1 is 0.284 bits per heavy atom. The minimum atomic E-state index is -0.776. The monoisotopic (exact) mass is 941 g/mol. The fourth-order valence-electron chi connectivity index (χ4n) is 8.60. The van der Waals surface area contributed by atoms with E-state index in [4.69, 9.17) is 14.2 Å². The summed E-state index contributed by atoms with van der Waals surface area (Å²) in [4.78, 5) is 38.2. The normalized spacial score (nSPS) is 12.2. The zero-order chi connectivity index (χ0) is 48.6. The number of carbonyl (C=O) groups excluding carboxylic acids is 3. The molecule has 1 atom stereocenters. The van der Waals surface area contributed by atoms with E-state index >= 15 is 0 Å². The number of hydrogen-bond donors (Lipinski definition) is 0. The number of hydrogen-bond acceptors (Lipinski definition) is 6. The Bertz CT molecular complexity index is 1130. The molecule has 0 aliphatic heterocycles. The standard InChI is InChI=1S/C61H112O6/c1-4-7-10-13-16-19-22-25-28-30-33-36-39-42-45-48-51-54-60(63)66-57-58(56-65-59(62)53-50-47-44-41-38-35-32-27-24-21-18-15-12-9-6-3)67-61(64)55-52-49-46-43-40-37-34-31-29-26-23-20-17-14-11-8-5-2/h21,24-26,28-29,58H,4-20,22-23,27,30-57H2,1-3H3/b24-21+,28-25+,29-26+/t58-/m1/s1. The van der Waals surface area contributed by atoms with Crippen LogP contribution in [0.2, 0.25) is 0 Å². The summed E-state index contributed by atoms with van der Waals surface area (Å²) >= 11 is 0. The molecule has 0 N–H and O–H groups in total. The Hall–Kier alpha value is -2.37. The van der Waals surface area contributed by atoms with Gasteiger partial charge in [0.25, 0.3) is 0 Å². The second-order valence-corrected chi connectivity index (χ2v) is 19.9. The van der Waals surface area contributed by atoms with Gasteiger partial charge in [-0.1, -0.05) is 237 Å². The van der Waals surface area contributed by atoms with Gasteiger partial charge in [-0.2, -0.15) is 0 Å².